The molecule has 0 saturated heterocycles. The number of hydrogen-bond acceptors (Lipinski definition) is 1. The number of ether oxygens (including phenoxy) is 1. The van der Waals surface area contributed by atoms with Crippen molar-refractivity contribution >= 4 is 15.9 Å². The first-order valence-electron chi connectivity index (χ1n) is 6.11. The van der Waals surface area contributed by atoms with E-state index < -0.39 is 24.0 Å². The highest BCUT2D eigenvalue weighted by Crippen LogP contribution is 2.11. The van der Waals surface area contributed by atoms with E-state index in [1.165, 1.54) is 0 Å². The first-order chi connectivity index (χ1) is 7.97. The van der Waals surface area contributed by atoms with E-state index in [1.807, 2.05) is 0 Å². The van der Waals surface area contributed by atoms with Crippen molar-refractivity contribution in [2.45, 2.75) is 6.37 Å². The molecular formula is C9H10BrFO. The van der Waals surface area contributed by atoms with Gasteiger partial charge in [-0.1, -0.05) is 15.9 Å². The van der Waals surface area contributed by atoms with Crippen LogP contribution in [0.1, 0.15) is 14.6 Å². The third-order valence-corrected chi connectivity index (χ3v) is 1.28. The van der Waals surface area contributed by atoms with E-state index in [4.69, 9.17) is 13.0 Å². The summed E-state index contributed by atoms with van der Waals surface area (Å²) in [5, 5.41) is -2.62. The lowest BCUT2D eigenvalue weighted by Gasteiger charge is -2.03. The molecule has 12 heavy (non-hydrogen) atoms. The molecule has 0 aliphatic rings. The van der Waals surface area contributed by atoms with E-state index in [0.717, 1.165) is 24.3 Å². The predicted molar refractivity (Wildman–Crippen MR) is 50.3 cm³/mol. The molecule has 1 rings (SSSR count). The monoisotopic (exact) mass is 238 g/mol. The molecule has 1 aromatic rings. The van der Waals surface area contributed by atoms with Crippen LogP contribution < -0.4 is 4.74 Å². The Morgan fingerprint density at radius 1 is 1.42 bits per heavy atom. The van der Waals surface area contributed by atoms with Crippen molar-refractivity contribution in [2.75, 3.05) is 11.8 Å². The minimum absolute atomic E-state index is 0.0953. The Morgan fingerprint density at radius 3 is 2.67 bits per heavy atom. The molecule has 0 aliphatic heterocycles. The first-order valence-corrected chi connectivity index (χ1v) is 3.90. The molecule has 0 atom stereocenters. The Hall–Kier alpha value is -0.570. The smallest absolute Gasteiger partial charge is 0.123 e. The number of alkyl halides is 1. The van der Waals surface area contributed by atoms with Crippen LogP contribution in [0.15, 0.2) is 24.3 Å². The third-order valence-electron chi connectivity index (χ3n) is 1.08. The van der Waals surface area contributed by atoms with Crippen molar-refractivity contribution < 1.29 is 17.4 Å². The molecule has 0 fully saturated rings. The predicted octanol–water partition coefficient (Wildman–Crippen LogP) is 2.99. The second kappa shape index (κ2) is 5.14. The van der Waals surface area contributed by atoms with Gasteiger partial charge < -0.3 is 4.74 Å². The van der Waals surface area contributed by atoms with Gasteiger partial charge in [0.25, 0.3) is 0 Å². The lowest BCUT2D eigenvalue weighted by molar-refractivity contribution is 0.318. The van der Waals surface area contributed by atoms with Crippen LogP contribution in [0.25, 0.3) is 0 Å². The number of halogens is 2. The van der Waals surface area contributed by atoms with Gasteiger partial charge in [0.2, 0.25) is 0 Å². The SMILES string of the molecule is [2H]C([2H])(Br)C([2H])([2H])C([2H])([2H])Oc1ccc(F)cc1. The van der Waals surface area contributed by atoms with Crippen molar-refractivity contribution in [1.29, 1.82) is 0 Å². The van der Waals surface area contributed by atoms with Crippen LogP contribution in [0.2, 0.25) is 0 Å². The van der Waals surface area contributed by atoms with Gasteiger partial charge in [-0.3, -0.25) is 0 Å². The summed E-state index contributed by atoms with van der Waals surface area (Å²) >= 11 is 2.44. The molecule has 0 bridgehead atoms. The molecule has 66 valence electrons. The molecule has 0 N–H and O–H groups in total. The number of rotatable bonds is 4. The van der Waals surface area contributed by atoms with E-state index in [2.05, 4.69) is 15.9 Å². The van der Waals surface area contributed by atoms with Crippen molar-refractivity contribution in [2.24, 2.45) is 0 Å². The molecule has 0 heterocycles. The fourth-order valence-corrected chi connectivity index (χ4v) is 0.687. The van der Waals surface area contributed by atoms with Gasteiger partial charge in [-0.05, 0) is 30.6 Å². The second-order valence-corrected chi connectivity index (χ2v) is 2.27. The summed E-state index contributed by atoms with van der Waals surface area (Å²) in [6.07, 6.45) is -2.95. The first kappa shape index (κ1) is 4.09. The Bertz CT molecular complexity index is 416. The van der Waals surface area contributed by atoms with Crippen LogP contribution in [0.3, 0.4) is 0 Å². The quantitative estimate of drug-likeness (QED) is 0.734. The summed E-state index contributed by atoms with van der Waals surface area (Å²) in [4.78, 5) is 0. The Labute approximate surface area is 88.1 Å². The molecule has 0 amide bonds. The molecule has 0 saturated carbocycles. The van der Waals surface area contributed by atoms with Crippen LogP contribution >= 0.6 is 15.9 Å². The number of benzene rings is 1. The van der Waals surface area contributed by atoms with E-state index in [-0.39, 0.29) is 5.75 Å². The van der Waals surface area contributed by atoms with Crippen molar-refractivity contribution in [3.05, 3.63) is 30.1 Å². The maximum atomic E-state index is 12.7. The normalized spacial score (nSPS) is 20.8. The second-order valence-electron chi connectivity index (χ2n) is 1.88. The Balaban J connectivity index is 2.97. The summed E-state index contributed by atoms with van der Waals surface area (Å²) in [5.41, 5.74) is 0. The maximum absolute atomic E-state index is 12.7. The van der Waals surface area contributed by atoms with E-state index >= 15 is 0 Å². The lowest BCUT2D eigenvalue weighted by atomic mass is 10.3. The van der Waals surface area contributed by atoms with Crippen LogP contribution in [0.4, 0.5) is 4.39 Å². The summed E-state index contributed by atoms with van der Waals surface area (Å²) in [6, 6.07) is 4.33. The zero-order valence-corrected chi connectivity index (χ0v) is 7.56. The number of hydrogen-bond donors (Lipinski definition) is 0. The summed E-state index contributed by atoms with van der Waals surface area (Å²) < 4.78 is 61.7. The molecule has 0 aliphatic carbocycles. The molecule has 0 aromatic heterocycles. The fraction of sp³-hybridized carbons (Fsp3) is 0.333. The largest absolute Gasteiger partial charge is 0.494 e. The molecular weight excluding hydrogens is 223 g/mol. The molecule has 0 radical (unpaired) electrons. The summed E-state index contributed by atoms with van der Waals surface area (Å²) in [7, 11) is 0. The highest BCUT2D eigenvalue weighted by molar-refractivity contribution is 9.09. The van der Waals surface area contributed by atoms with Gasteiger partial charge in [0.05, 0.1) is 9.30 Å². The van der Waals surface area contributed by atoms with Gasteiger partial charge in [-0.25, -0.2) is 4.39 Å². The van der Waals surface area contributed by atoms with Crippen LogP contribution in [0, 0.1) is 5.82 Å². The van der Waals surface area contributed by atoms with E-state index in [0.29, 0.717) is 0 Å². The van der Waals surface area contributed by atoms with Crippen molar-refractivity contribution in [1.82, 2.24) is 0 Å². The van der Waals surface area contributed by atoms with Gasteiger partial charge in [0.1, 0.15) is 11.6 Å². The zero-order valence-electron chi connectivity index (χ0n) is 12.0. The summed E-state index contributed by atoms with van der Waals surface area (Å²) in [5.74, 6) is -0.635. The molecule has 3 heteroatoms. The zero-order chi connectivity index (χ0) is 14.2. The van der Waals surface area contributed by atoms with Crippen LogP contribution in [-0.4, -0.2) is 11.8 Å². The highest BCUT2D eigenvalue weighted by Gasteiger charge is 1.92. The highest BCUT2D eigenvalue weighted by atomic mass is 79.9. The lowest BCUT2D eigenvalue weighted by Crippen LogP contribution is -1.97. The molecule has 1 aromatic carbocycles. The van der Waals surface area contributed by atoms with Crippen molar-refractivity contribution in [3.63, 3.8) is 0 Å². The Kier molecular flexibility index (Phi) is 1.75. The average molecular weight is 239 g/mol. The Morgan fingerprint density at radius 2 is 2.08 bits per heavy atom. The van der Waals surface area contributed by atoms with Crippen LogP contribution in [-0.2, 0) is 0 Å². The van der Waals surface area contributed by atoms with E-state index in [9.17, 15) is 4.39 Å². The minimum atomic E-state index is -2.95. The van der Waals surface area contributed by atoms with Crippen molar-refractivity contribution in [3.8, 4) is 5.75 Å². The topological polar surface area (TPSA) is 9.23 Å². The summed E-state index contributed by atoms with van der Waals surface area (Å²) in [6.45, 7) is -2.93. The molecule has 1 nitrogen and oxygen atoms in total. The standard InChI is InChI=1S/C9H10BrFO/c10-6-1-7-12-9-4-2-8(11)3-5-9/h2-5H,1,6-7H2/i1D2,6D2,7D2. The van der Waals surface area contributed by atoms with Gasteiger partial charge >= 0.3 is 0 Å². The average Bonchev–Trinajstić information content (AvgIpc) is 2.19. The fourth-order valence-electron chi connectivity index (χ4n) is 0.606. The third kappa shape index (κ3) is 3.22. The molecule has 0 unspecified atom stereocenters. The maximum Gasteiger partial charge on any atom is 0.123 e. The minimum Gasteiger partial charge on any atom is -0.494 e. The molecule has 0 spiro atoms. The van der Waals surface area contributed by atoms with Gasteiger partial charge in [0.15, 0.2) is 0 Å². The van der Waals surface area contributed by atoms with Gasteiger partial charge in [-0.2, -0.15) is 0 Å². The van der Waals surface area contributed by atoms with E-state index in [1.54, 1.807) is 0 Å². The van der Waals surface area contributed by atoms with Gasteiger partial charge in [0, 0.05) is 10.8 Å². The van der Waals surface area contributed by atoms with Gasteiger partial charge in [-0.15, -0.1) is 0 Å². The van der Waals surface area contributed by atoms with Crippen LogP contribution in [0.5, 0.6) is 5.75 Å².